The molecule has 2 aromatic carbocycles. The number of nitrogens with one attached hydrogen (secondary N) is 2. The standard InChI is InChI=1S/C25H31N5O2S/c1-7-30-23(19(6)26-24(32)20-11-9-8-10-16(20)3)28-29-25(30)33-14-21(31)27-22-17(4)12-15(2)13-18(22)5/h8-13,19H,7,14H2,1-6H3,(H,26,32)(H,27,31)/t19-/m1/s1. The summed E-state index contributed by atoms with van der Waals surface area (Å²) in [5.74, 6) is 0.633. The van der Waals surface area contributed by atoms with E-state index in [0.29, 0.717) is 23.1 Å². The quantitative estimate of drug-likeness (QED) is 0.469. The number of rotatable bonds is 8. The molecule has 0 spiro atoms. The highest BCUT2D eigenvalue weighted by atomic mass is 32.2. The van der Waals surface area contributed by atoms with Crippen molar-refractivity contribution in [3.05, 3.63) is 70.0 Å². The van der Waals surface area contributed by atoms with E-state index >= 15 is 0 Å². The molecular weight excluding hydrogens is 434 g/mol. The van der Waals surface area contributed by atoms with Gasteiger partial charge in [-0.15, -0.1) is 10.2 Å². The number of hydrogen-bond acceptors (Lipinski definition) is 5. The van der Waals surface area contributed by atoms with Crippen molar-refractivity contribution in [1.29, 1.82) is 0 Å². The van der Waals surface area contributed by atoms with E-state index in [1.54, 1.807) is 6.07 Å². The number of carbonyl (C=O) groups excluding carboxylic acids is 2. The molecule has 1 atom stereocenters. The van der Waals surface area contributed by atoms with Crippen LogP contribution in [0.15, 0.2) is 41.6 Å². The average Bonchev–Trinajstić information content (AvgIpc) is 3.18. The number of benzene rings is 2. The first kappa shape index (κ1) is 24.5. The molecule has 0 bridgehead atoms. The van der Waals surface area contributed by atoms with Crippen LogP contribution in [0.1, 0.15) is 58.3 Å². The minimum absolute atomic E-state index is 0.0943. The first-order valence-electron chi connectivity index (χ1n) is 11.0. The van der Waals surface area contributed by atoms with Gasteiger partial charge in [-0.3, -0.25) is 9.59 Å². The van der Waals surface area contributed by atoms with Crippen LogP contribution < -0.4 is 10.6 Å². The SMILES string of the molecule is CCn1c(SCC(=O)Nc2c(C)cc(C)cc2C)nnc1[C@@H](C)NC(=O)c1ccccc1C. The summed E-state index contributed by atoms with van der Waals surface area (Å²) in [4.78, 5) is 25.3. The van der Waals surface area contributed by atoms with E-state index in [9.17, 15) is 9.59 Å². The van der Waals surface area contributed by atoms with Crippen LogP contribution in [0.3, 0.4) is 0 Å². The second-order valence-corrected chi connectivity index (χ2v) is 9.15. The second-order valence-electron chi connectivity index (χ2n) is 8.21. The summed E-state index contributed by atoms with van der Waals surface area (Å²) < 4.78 is 1.93. The number of aromatic nitrogens is 3. The van der Waals surface area contributed by atoms with Gasteiger partial charge in [-0.2, -0.15) is 0 Å². The van der Waals surface area contributed by atoms with E-state index < -0.39 is 0 Å². The Hall–Kier alpha value is -3.13. The van der Waals surface area contributed by atoms with Gasteiger partial charge in [0.25, 0.3) is 5.91 Å². The van der Waals surface area contributed by atoms with Gasteiger partial charge in [-0.1, -0.05) is 47.7 Å². The Morgan fingerprint density at radius 1 is 1.03 bits per heavy atom. The number of thioether (sulfide) groups is 1. The molecule has 3 rings (SSSR count). The number of amides is 2. The fourth-order valence-corrected chi connectivity index (χ4v) is 4.68. The third kappa shape index (κ3) is 5.82. The van der Waals surface area contributed by atoms with Gasteiger partial charge in [0.2, 0.25) is 5.91 Å². The van der Waals surface area contributed by atoms with Crippen LogP contribution in [0.25, 0.3) is 0 Å². The number of nitrogens with zero attached hydrogens (tertiary/aromatic N) is 3. The zero-order valence-electron chi connectivity index (χ0n) is 20.0. The Labute approximate surface area is 199 Å². The molecule has 0 aliphatic heterocycles. The number of carbonyl (C=O) groups is 2. The highest BCUT2D eigenvalue weighted by Gasteiger charge is 2.21. The minimum Gasteiger partial charge on any atom is -0.342 e. The lowest BCUT2D eigenvalue weighted by atomic mass is 10.1. The van der Waals surface area contributed by atoms with Gasteiger partial charge in [-0.25, -0.2) is 0 Å². The van der Waals surface area contributed by atoms with Crippen molar-refractivity contribution in [2.24, 2.45) is 0 Å². The van der Waals surface area contributed by atoms with Crippen molar-refractivity contribution in [1.82, 2.24) is 20.1 Å². The molecular formula is C25H31N5O2S. The number of aryl methyl sites for hydroxylation is 4. The zero-order chi connectivity index (χ0) is 24.1. The highest BCUT2D eigenvalue weighted by Crippen LogP contribution is 2.24. The normalized spacial score (nSPS) is 11.8. The second kappa shape index (κ2) is 10.7. The van der Waals surface area contributed by atoms with E-state index in [0.717, 1.165) is 22.4 Å². The van der Waals surface area contributed by atoms with Crippen LogP contribution >= 0.6 is 11.8 Å². The lowest BCUT2D eigenvalue weighted by Crippen LogP contribution is -2.29. The van der Waals surface area contributed by atoms with E-state index in [1.807, 2.05) is 64.3 Å². The first-order chi connectivity index (χ1) is 15.7. The molecule has 2 amide bonds. The lowest BCUT2D eigenvalue weighted by Gasteiger charge is -2.16. The molecule has 0 unspecified atom stereocenters. The van der Waals surface area contributed by atoms with Crippen molar-refractivity contribution in [2.45, 2.75) is 59.3 Å². The van der Waals surface area contributed by atoms with Gasteiger partial charge in [0.05, 0.1) is 11.8 Å². The summed E-state index contributed by atoms with van der Waals surface area (Å²) >= 11 is 1.33. The Morgan fingerprint density at radius 2 is 1.70 bits per heavy atom. The van der Waals surface area contributed by atoms with E-state index in [4.69, 9.17) is 0 Å². The smallest absolute Gasteiger partial charge is 0.252 e. The van der Waals surface area contributed by atoms with Crippen molar-refractivity contribution in [3.63, 3.8) is 0 Å². The minimum atomic E-state index is -0.328. The zero-order valence-corrected chi connectivity index (χ0v) is 20.8. The van der Waals surface area contributed by atoms with Crippen molar-refractivity contribution >= 4 is 29.3 Å². The highest BCUT2D eigenvalue weighted by molar-refractivity contribution is 7.99. The molecule has 0 radical (unpaired) electrons. The van der Waals surface area contributed by atoms with Crippen LogP contribution in [-0.4, -0.2) is 32.3 Å². The molecule has 0 aliphatic rings. The van der Waals surface area contributed by atoms with Crippen LogP contribution in [0, 0.1) is 27.7 Å². The maximum Gasteiger partial charge on any atom is 0.252 e. The monoisotopic (exact) mass is 465 g/mol. The predicted octanol–water partition coefficient (Wildman–Crippen LogP) is 4.75. The molecule has 0 fully saturated rings. The Bertz CT molecular complexity index is 1150. The van der Waals surface area contributed by atoms with Gasteiger partial charge in [0.1, 0.15) is 0 Å². The molecule has 1 aromatic heterocycles. The van der Waals surface area contributed by atoms with Crippen LogP contribution in [0.5, 0.6) is 0 Å². The number of hydrogen-bond donors (Lipinski definition) is 2. The topological polar surface area (TPSA) is 88.9 Å². The number of anilines is 1. The maximum atomic E-state index is 12.7. The average molecular weight is 466 g/mol. The molecule has 2 N–H and O–H groups in total. The van der Waals surface area contributed by atoms with Gasteiger partial charge in [0.15, 0.2) is 11.0 Å². The van der Waals surface area contributed by atoms with Crippen LogP contribution in [-0.2, 0) is 11.3 Å². The lowest BCUT2D eigenvalue weighted by molar-refractivity contribution is -0.113. The molecule has 0 saturated heterocycles. The fourth-order valence-electron chi connectivity index (χ4n) is 3.87. The maximum absolute atomic E-state index is 12.7. The fraction of sp³-hybridized carbons (Fsp3) is 0.360. The van der Waals surface area contributed by atoms with Crippen molar-refractivity contribution < 1.29 is 9.59 Å². The third-order valence-corrected chi connectivity index (χ3v) is 6.43. The van der Waals surface area contributed by atoms with E-state index in [2.05, 4.69) is 33.0 Å². The largest absolute Gasteiger partial charge is 0.342 e. The summed E-state index contributed by atoms with van der Waals surface area (Å²) in [6, 6.07) is 11.3. The van der Waals surface area contributed by atoms with Crippen molar-refractivity contribution in [2.75, 3.05) is 11.1 Å². The van der Waals surface area contributed by atoms with Crippen LogP contribution in [0.4, 0.5) is 5.69 Å². The van der Waals surface area contributed by atoms with Crippen LogP contribution in [0.2, 0.25) is 0 Å². The predicted molar refractivity (Wildman–Crippen MR) is 133 cm³/mol. The summed E-state index contributed by atoms with van der Waals surface area (Å²) in [7, 11) is 0. The van der Waals surface area contributed by atoms with E-state index in [-0.39, 0.29) is 23.6 Å². The molecule has 0 aliphatic carbocycles. The molecule has 7 nitrogen and oxygen atoms in total. The Kier molecular flexibility index (Phi) is 7.92. The molecule has 174 valence electrons. The first-order valence-corrected chi connectivity index (χ1v) is 12.0. The third-order valence-electron chi connectivity index (χ3n) is 5.46. The summed E-state index contributed by atoms with van der Waals surface area (Å²) in [6.45, 7) is 12.5. The molecule has 8 heteroatoms. The summed E-state index contributed by atoms with van der Waals surface area (Å²) in [6.07, 6.45) is 0. The van der Waals surface area contributed by atoms with Gasteiger partial charge >= 0.3 is 0 Å². The van der Waals surface area contributed by atoms with E-state index in [1.165, 1.54) is 17.3 Å². The Morgan fingerprint density at radius 3 is 2.33 bits per heavy atom. The summed E-state index contributed by atoms with van der Waals surface area (Å²) in [5, 5.41) is 15.3. The molecule has 1 heterocycles. The summed E-state index contributed by atoms with van der Waals surface area (Å²) in [5.41, 5.74) is 5.67. The molecule has 3 aromatic rings. The van der Waals surface area contributed by atoms with Gasteiger partial charge in [-0.05, 0) is 64.3 Å². The molecule has 33 heavy (non-hydrogen) atoms. The van der Waals surface area contributed by atoms with Crippen molar-refractivity contribution in [3.8, 4) is 0 Å². The van der Waals surface area contributed by atoms with Gasteiger partial charge < -0.3 is 15.2 Å². The molecule has 0 saturated carbocycles. The van der Waals surface area contributed by atoms with Gasteiger partial charge in [0, 0.05) is 17.8 Å². The Balaban J connectivity index is 1.66.